The van der Waals surface area contributed by atoms with Crippen molar-refractivity contribution in [2.24, 2.45) is 0 Å². The van der Waals surface area contributed by atoms with Crippen LogP contribution in [0.1, 0.15) is 39.1 Å². The van der Waals surface area contributed by atoms with Crippen LogP contribution >= 0.6 is 0 Å². The third-order valence-corrected chi connectivity index (χ3v) is 5.57. The maximum absolute atomic E-state index is 13.3. The molecule has 0 saturated heterocycles. The van der Waals surface area contributed by atoms with Crippen molar-refractivity contribution in [2.45, 2.75) is 18.4 Å². The molecule has 0 unspecified atom stereocenters. The van der Waals surface area contributed by atoms with Gasteiger partial charge in [-0.1, -0.05) is 30.3 Å². The Kier molecular flexibility index (Phi) is 5.52. The van der Waals surface area contributed by atoms with Gasteiger partial charge < -0.3 is 19.9 Å². The Balaban J connectivity index is 1.66. The molecule has 0 radical (unpaired) electrons. The first kappa shape index (κ1) is 19.7. The zero-order valence-corrected chi connectivity index (χ0v) is 17.0. The van der Waals surface area contributed by atoms with Crippen molar-refractivity contribution in [3.63, 3.8) is 0 Å². The Morgan fingerprint density at radius 3 is 2.67 bits per heavy atom. The van der Waals surface area contributed by atoms with Gasteiger partial charge in [0.25, 0.3) is 5.91 Å². The minimum absolute atomic E-state index is 0.0899. The SMILES string of the molecule is COc1ccc([C@@H]2[C@@H](C(=O)NCCc3cnc[nH]3)c3ccccc3C(=O)N2C)cc1. The van der Waals surface area contributed by atoms with Gasteiger partial charge in [0, 0.05) is 37.5 Å². The number of aromatic amines is 1. The van der Waals surface area contributed by atoms with Gasteiger partial charge in [-0.3, -0.25) is 9.59 Å². The number of fused-ring (bicyclic) bond motifs is 1. The molecule has 2 atom stereocenters. The number of likely N-dealkylation sites (N-methyl/N-ethyl adjacent to an activating group) is 1. The summed E-state index contributed by atoms with van der Waals surface area (Å²) in [5.74, 6) is 0.0126. The van der Waals surface area contributed by atoms with Crippen LogP contribution in [0, 0.1) is 0 Å². The highest BCUT2D eigenvalue weighted by Gasteiger charge is 2.42. The van der Waals surface area contributed by atoms with Crippen molar-refractivity contribution in [3.05, 3.63) is 83.4 Å². The van der Waals surface area contributed by atoms with Gasteiger partial charge in [-0.25, -0.2) is 4.98 Å². The average molecular weight is 404 g/mol. The van der Waals surface area contributed by atoms with Crippen LogP contribution in [-0.2, 0) is 11.2 Å². The van der Waals surface area contributed by atoms with E-state index in [0.717, 1.165) is 22.6 Å². The molecule has 4 rings (SSSR count). The fourth-order valence-electron chi connectivity index (χ4n) is 4.03. The number of aromatic nitrogens is 2. The minimum atomic E-state index is -0.515. The van der Waals surface area contributed by atoms with E-state index in [-0.39, 0.29) is 11.8 Å². The Bertz CT molecular complexity index is 1030. The lowest BCUT2D eigenvalue weighted by atomic mass is 9.79. The van der Waals surface area contributed by atoms with Crippen LogP contribution in [0.4, 0.5) is 0 Å². The number of nitrogens with zero attached hydrogens (tertiary/aromatic N) is 2. The summed E-state index contributed by atoms with van der Waals surface area (Å²) in [6.07, 6.45) is 4.02. The quantitative estimate of drug-likeness (QED) is 0.661. The number of hydrogen-bond donors (Lipinski definition) is 2. The number of methoxy groups -OCH3 is 1. The maximum Gasteiger partial charge on any atom is 0.254 e. The first-order valence-electron chi connectivity index (χ1n) is 9.85. The highest BCUT2D eigenvalue weighted by Crippen LogP contribution is 2.42. The number of carbonyl (C=O) groups excluding carboxylic acids is 2. The maximum atomic E-state index is 13.3. The van der Waals surface area contributed by atoms with E-state index < -0.39 is 12.0 Å². The average Bonchev–Trinajstić information content (AvgIpc) is 3.29. The van der Waals surface area contributed by atoms with E-state index in [2.05, 4.69) is 15.3 Å². The van der Waals surface area contributed by atoms with Crippen LogP contribution in [-0.4, -0.2) is 47.4 Å². The van der Waals surface area contributed by atoms with E-state index in [1.807, 2.05) is 42.5 Å². The number of nitrogens with one attached hydrogen (secondary N) is 2. The number of hydrogen-bond acceptors (Lipinski definition) is 4. The summed E-state index contributed by atoms with van der Waals surface area (Å²) in [7, 11) is 3.36. The number of ether oxygens (including phenoxy) is 1. The van der Waals surface area contributed by atoms with Crippen molar-refractivity contribution < 1.29 is 14.3 Å². The van der Waals surface area contributed by atoms with Crippen molar-refractivity contribution in [1.82, 2.24) is 20.2 Å². The van der Waals surface area contributed by atoms with E-state index in [1.165, 1.54) is 0 Å². The molecule has 0 bridgehead atoms. The number of benzene rings is 2. The number of imidazole rings is 1. The molecular weight excluding hydrogens is 380 g/mol. The van der Waals surface area contributed by atoms with Gasteiger partial charge in [0.15, 0.2) is 0 Å². The molecule has 2 heterocycles. The van der Waals surface area contributed by atoms with Crippen LogP contribution in [0.15, 0.2) is 61.1 Å². The predicted octanol–water partition coefficient (Wildman–Crippen LogP) is 2.69. The third-order valence-electron chi connectivity index (χ3n) is 5.57. The van der Waals surface area contributed by atoms with Crippen molar-refractivity contribution in [1.29, 1.82) is 0 Å². The standard InChI is InChI=1S/C23H24N4O3/c1-27-21(15-7-9-17(30-2)10-8-15)20(18-5-3-4-6-19(18)23(27)29)22(28)25-12-11-16-13-24-14-26-16/h3-10,13-14,20-21H,11-12H2,1-2H3,(H,24,26)(H,25,28)/t20-,21+/m0/s1. The highest BCUT2D eigenvalue weighted by molar-refractivity contribution is 6.01. The summed E-state index contributed by atoms with van der Waals surface area (Å²) < 4.78 is 5.26. The third kappa shape index (κ3) is 3.66. The van der Waals surface area contributed by atoms with E-state index in [0.29, 0.717) is 18.5 Å². The second-order valence-electron chi connectivity index (χ2n) is 7.32. The zero-order valence-electron chi connectivity index (χ0n) is 17.0. The lowest BCUT2D eigenvalue weighted by Crippen LogP contribution is -2.46. The molecule has 1 aliphatic rings. The van der Waals surface area contributed by atoms with Gasteiger partial charge in [-0.05, 0) is 29.3 Å². The summed E-state index contributed by atoms with van der Waals surface area (Å²) in [6, 6.07) is 14.4. The van der Waals surface area contributed by atoms with E-state index in [1.54, 1.807) is 37.6 Å². The van der Waals surface area contributed by atoms with E-state index >= 15 is 0 Å². The topological polar surface area (TPSA) is 87.3 Å². The summed E-state index contributed by atoms with van der Waals surface area (Å²) >= 11 is 0. The summed E-state index contributed by atoms with van der Waals surface area (Å²) in [5.41, 5.74) is 3.16. The lowest BCUT2D eigenvalue weighted by molar-refractivity contribution is -0.124. The molecule has 1 aromatic heterocycles. The zero-order chi connectivity index (χ0) is 21.1. The molecular formula is C23H24N4O3. The van der Waals surface area contributed by atoms with E-state index in [9.17, 15) is 9.59 Å². The van der Waals surface area contributed by atoms with Gasteiger partial charge in [0.05, 0.1) is 25.4 Å². The van der Waals surface area contributed by atoms with Crippen LogP contribution < -0.4 is 10.1 Å². The molecule has 7 heteroatoms. The summed E-state index contributed by atoms with van der Waals surface area (Å²) in [6.45, 7) is 0.479. The smallest absolute Gasteiger partial charge is 0.254 e. The second kappa shape index (κ2) is 8.41. The van der Waals surface area contributed by atoms with Gasteiger partial charge in [-0.15, -0.1) is 0 Å². The van der Waals surface area contributed by atoms with Crippen LogP contribution in [0.25, 0.3) is 0 Å². The second-order valence-corrected chi connectivity index (χ2v) is 7.32. The molecule has 0 saturated carbocycles. The number of amides is 2. The van der Waals surface area contributed by atoms with Crippen LogP contribution in [0.5, 0.6) is 5.75 Å². The molecule has 2 amide bonds. The molecule has 1 aliphatic heterocycles. The van der Waals surface area contributed by atoms with Crippen molar-refractivity contribution in [3.8, 4) is 5.75 Å². The Morgan fingerprint density at radius 1 is 1.20 bits per heavy atom. The van der Waals surface area contributed by atoms with Crippen molar-refractivity contribution >= 4 is 11.8 Å². The molecule has 30 heavy (non-hydrogen) atoms. The minimum Gasteiger partial charge on any atom is -0.497 e. The molecule has 2 N–H and O–H groups in total. The van der Waals surface area contributed by atoms with Gasteiger partial charge in [-0.2, -0.15) is 0 Å². The summed E-state index contributed by atoms with van der Waals surface area (Å²) in [5, 5.41) is 3.04. The van der Waals surface area contributed by atoms with Crippen molar-refractivity contribution in [2.75, 3.05) is 20.7 Å². The lowest BCUT2D eigenvalue weighted by Gasteiger charge is -2.39. The molecule has 0 fully saturated rings. The molecule has 7 nitrogen and oxygen atoms in total. The normalized spacial score (nSPS) is 18.1. The van der Waals surface area contributed by atoms with Gasteiger partial charge in [0.2, 0.25) is 5.91 Å². The summed E-state index contributed by atoms with van der Waals surface area (Å²) in [4.78, 5) is 35.1. The number of carbonyl (C=O) groups is 2. The highest BCUT2D eigenvalue weighted by atomic mass is 16.5. The van der Waals surface area contributed by atoms with Crippen LogP contribution in [0.3, 0.4) is 0 Å². The molecule has 3 aromatic rings. The monoisotopic (exact) mass is 404 g/mol. The number of H-pyrrole nitrogens is 1. The fraction of sp³-hybridized carbons (Fsp3) is 0.261. The first-order valence-corrected chi connectivity index (χ1v) is 9.85. The van der Waals surface area contributed by atoms with E-state index in [4.69, 9.17) is 4.74 Å². The van der Waals surface area contributed by atoms with Gasteiger partial charge >= 0.3 is 0 Å². The molecule has 0 spiro atoms. The van der Waals surface area contributed by atoms with Gasteiger partial charge in [0.1, 0.15) is 5.75 Å². The Morgan fingerprint density at radius 2 is 1.97 bits per heavy atom. The number of rotatable bonds is 6. The first-order chi connectivity index (χ1) is 14.6. The predicted molar refractivity (Wildman–Crippen MR) is 112 cm³/mol. The molecule has 154 valence electrons. The van der Waals surface area contributed by atoms with Crippen LogP contribution in [0.2, 0.25) is 0 Å². The Hall–Kier alpha value is -3.61. The fourth-order valence-corrected chi connectivity index (χ4v) is 4.03. The molecule has 0 aliphatic carbocycles. The Labute approximate surface area is 175 Å². The molecule has 2 aromatic carbocycles. The largest absolute Gasteiger partial charge is 0.497 e.